The summed E-state index contributed by atoms with van der Waals surface area (Å²) in [5.74, 6) is 1.15. The number of nitrogens with zero attached hydrogens (tertiary/aromatic N) is 4. The van der Waals surface area contributed by atoms with Gasteiger partial charge >= 0.3 is 0 Å². The van der Waals surface area contributed by atoms with E-state index in [1.807, 2.05) is 53.3 Å². The summed E-state index contributed by atoms with van der Waals surface area (Å²) in [4.78, 5) is 37.6. The monoisotopic (exact) mass is 378 g/mol. The number of likely N-dealkylation sites (tertiary alicyclic amines) is 1. The quantitative estimate of drug-likeness (QED) is 0.823. The van der Waals surface area contributed by atoms with Crippen LogP contribution >= 0.6 is 0 Å². The molecule has 1 aromatic heterocycles. The van der Waals surface area contributed by atoms with Gasteiger partial charge in [0.15, 0.2) is 0 Å². The molecule has 1 fully saturated rings. The molecule has 28 heavy (non-hydrogen) atoms. The van der Waals surface area contributed by atoms with Crippen molar-refractivity contribution in [3.8, 4) is 0 Å². The van der Waals surface area contributed by atoms with Crippen molar-refractivity contribution in [2.75, 3.05) is 19.6 Å². The maximum Gasteiger partial charge on any atom is 0.230 e. The molecule has 1 aromatic carbocycles. The number of hydrogen-bond acceptors (Lipinski definition) is 4. The Kier molecular flexibility index (Phi) is 5.11. The van der Waals surface area contributed by atoms with Gasteiger partial charge in [0, 0.05) is 57.2 Å². The van der Waals surface area contributed by atoms with E-state index in [-0.39, 0.29) is 23.7 Å². The van der Waals surface area contributed by atoms with E-state index < -0.39 is 0 Å². The van der Waals surface area contributed by atoms with Crippen LogP contribution in [0.2, 0.25) is 0 Å². The number of carbonyl (C=O) groups excluding carboxylic acids is 2. The Hall–Kier alpha value is -2.76. The number of amides is 2. The lowest BCUT2D eigenvalue weighted by molar-refractivity contribution is -0.133. The highest BCUT2D eigenvalue weighted by Crippen LogP contribution is 2.27. The van der Waals surface area contributed by atoms with Crippen molar-refractivity contribution >= 4 is 11.8 Å². The average Bonchev–Trinajstić information content (AvgIpc) is 3.23. The molecular formula is C22H26N4O2. The molecule has 0 unspecified atom stereocenters. The Bertz CT molecular complexity index is 883. The molecule has 2 aromatic rings. The zero-order chi connectivity index (χ0) is 19.7. The van der Waals surface area contributed by atoms with E-state index in [0.717, 1.165) is 42.0 Å². The highest BCUT2D eigenvalue weighted by Gasteiger charge is 2.30. The molecule has 2 atom stereocenters. The topological polar surface area (TPSA) is 66.4 Å². The molecule has 2 aliphatic heterocycles. The van der Waals surface area contributed by atoms with Gasteiger partial charge in [0.2, 0.25) is 11.8 Å². The van der Waals surface area contributed by atoms with E-state index >= 15 is 0 Å². The molecule has 6 nitrogen and oxygen atoms in total. The fraction of sp³-hybridized carbons (Fsp3) is 0.455. The fourth-order valence-electron chi connectivity index (χ4n) is 4.13. The second-order valence-corrected chi connectivity index (χ2v) is 7.79. The molecule has 4 rings (SSSR count). The average molecular weight is 378 g/mol. The molecule has 2 aliphatic rings. The van der Waals surface area contributed by atoms with Crippen LogP contribution in [0, 0.1) is 0 Å². The summed E-state index contributed by atoms with van der Waals surface area (Å²) in [6.07, 6.45) is 3.54. The van der Waals surface area contributed by atoms with Gasteiger partial charge in [-0.05, 0) is 18.9 Å². The largest absolute Gasteiger partial charge is 0.342 e. The van der Waals surface area contributed by atoms with Crippen molar-refractivity contribution in [3.63, 3.8) is 0 Å². The Labute approximate surface area is 165 Å². The highest BCUT2D eigenvalue weighted by atomic mass is 16.2. The maximum absolute atomic E-state index is 12.9. The van der Waals surface area contributed by atoms with Gasteiger partial charge in [-0.3, -0.25) is 9.59 Å². The first kappa shape index (κ1) is 18.6. The molecule has 6 heteroatoms. The summed E-state index contributed by atoms with van der Waals surface area (Å²) in [5, 5.41) is 0. The first-order valence-corrected chi connectivity index (χ1v) is 9.97. The van der Waals surface area contributed by atoms with Crippen LogP contribution in [-0.2, 0) is 22.6 Å². The number of benzene rings is 1. The smallest absolute Gasteiger partial charge is 0.230 e. The Morgan fingerprint density at radius 1 is 1.14 bits per heavy atom. The van der Waals surface area contributed by atoms with Crippen LogP contribution in [-0.4, -0.2) is 51.2 Å². The second-order valence-electron chi connectivity index (χ2n) is 7.79. The molecule has 0 spiro atoms. The van der Waals surface area contributed by atoms with E-state index in [0.29, 0.717) is 19.6 Å². The molecule has 3 heterocycles. The van der Waals surface area contributed by atoms with Crippen molar-refractivity contribution in [3.05, 3.63) is 59.2 Å². The summed E-state index contributed by atoms with van der Waals surface area (Å²) >= 11 is 0. The number of carbonyl (C=O) groups is 2. The van der Waals surface area contributed by atoms with Crippen LogP contribution in [0.3, 0.4) is 0 Å². The molecule has 0 radical (unpaired) electrons. The van der Waals surface area contributed by atoms with E-state index in [1.165, 1.54) is 0 Å². The Morgan fingerprint density at radius 3 is 2.64 bits per heavy atom. The maximum atomic E-state index is 12.9. The van der Waals surface area contributed by atoms with E-state index in [1.54, 1.807) is 6.92 Å². The molecule has 0 saturated carbocycles. The second kappa shape index (κ2) is 7.70. The van der Waals surface area contributed by atoms with E-state index in [2.05, 4.69) is 4.98 Å². The molecule has 2 amide bonds. The first-order valence-electron chi connectivity index (χ1n) is 9.97. The van der Waals surface area contributed by atoms with Crippen molar-refractivity contribution < 1.29 is 9.59 Å². The van der Waals surface area contributed by atoms with Gasteiger partial charge in [-0.2, -0.15) is 0 Å². The third-order valence-corrected chi connectivity index (χ3v) is 5.93. The lowest BCUT2D eigenvalue weighted by Gasteiger charge is -2.30. The van der Waals surface area contributed by atoms with Crippen LogP contribution in [0.1, 0.15) is 54.7 Å². The van der Waals surface area contributed by atoms with Crippen molar-refractivity contribution in [1.82, 2.24) is 19.8 Å². The van der Waals surface area contributed by atoms with Crippen LogP contribution in [0.15, 0.2) is 36.5 Å². The minimum absolute atomic E-state index is 0.113. The number of fused-ring (bicyclic) bond motifs is 1. The van der Waals surface area contributed by atoms with Gasteiger partial charge in [-0.25, -0.2) is 9.97 Å². The van der Waals surface area contributed by atoms with Crippen LogP contribution < -0.4 is 0 Å². The van der Waals surface area contributed by atoms with Gasteiger partial charge in [-0.1, -0.05) is 30.3 Å². The van der Waals surface area contributed by atoms with Crippen LogP contribution in [0.4, 0.5) is 0 Å². The van der Waals surface area contributed by atoms with Crippen molar-refractivity contribution in [2.24, 2.45) is 0 Å². The predicted molar refractivity (Wildman–Crippen MR) is 106 cm³/mol. The summed E-state index contributed by atoms with van der Waals surface area (Å²) in [7, 11) is 0. The first-order chi connectivity index (χ1) is 13.5. The Balaban J connectivity index is 1.45. The fourth-order valence-corrected chi connectivity index (χ4v) is 4.13. The minimum atomic E-state index is -0.154. The minimum Gasteiger partial charge on any atom is -0.342 e. The molecule has 0 N–H and O–H groups in total. The standard InChI is InChI=1S/C22H26N4O2/c1-15(17-6-4-3-5-7-17)22(28)26-11-9-20-19(14-26)12-23-21(24-20)18-8-10-25(13-18)16(2)27/h3-7,12,15,18H,8-11,13-14H2,1-2H3/t15-,18-/m0/s1. The SMILES string of the molecule is CC(=O)N1CC[C@H](c2ncc3c(n2)CCN(C(=O)[C@@H](C)c2ccccc2)C3)C1. The van der Waals surface area contributed by atoms with Gasteiger partial charge in [-0.15, -0.1) is 0 Å². The van der Waals surface area contributed by atoms with Gasteiger partial charge < -0.3 is 9.80 Å². The number of rotatable bonds is 3. The van der Waals surface area contributed by atoms with Crippen LogP contribution in [0.5, 0.6) is 0 Å². The van der Waals surface area contributed by atoms with Gasteiger partial charge in [0.25, 0.3) is 0 Å². The molecule has 0 aliphatic carbocycles. The molecule has 1 saturated heterocycles. The summed E-state index contributed by atoms with van der Waals surface area (Å²) in [5.41, 5.74) is 3.12. The third kappa shape index (κ3) is 3.63. The van der Waals surface area contributed by atoms with Crippen molar-refractivity contribution in [2.45, 2.75) is 45.1 Å². The Morgan fingerprint density at radius 2 is 1.93 bits per heavy atom. The van der Waals surface area contributed by atoms with E-state index in [4.69, 9.17) is 4.98 Å². The lowest BCUT2D eigenvalue weighted by atomic mass is 9.98. The summed E-state index contributed by atoms with van der Waals surface area (Å²) in [6, 6.07) is 9.91. The molecule has 0 bridgehead atoms. The zero-order valence-corrected chi connectivity index (χ0v) is 16.5. The normalized spacial score (nSPS) is 20.0. The highest BCUT2D eigenvalue weighted by molar-refractivity contribution is 5.83. The van der Waals surface area contributed by atoms with Crippen LogP contribution in [0.25, 0.3) is 0 Å². The molecule has 146 valence electrons. The number of aromatic nitrogens is 2. The summed E-state index contributed by atoms with van der Waals surface area (Å²) in [6.45, 7) is 6.30. The predicted octanol–water partition coefficient (Wildman–Crippen LogP) is 2.50. The number of hydrogen-bond donors (Lipinski definition) is 0. The summed E-state index contributed by atoms with van der Waals surface area (Å²) < 4.78 is 0. The lowest BCUT2D eigenvalue weighted by Crippen LogP contribution is -2.39. The van der Waals surface area contributed by atoms with Gasteiger partial charge in [0.1, 0.15) is 5.82 Å². The van der Waals surface area contributed by atoms with E-state index in [9.17, 15) is 9.59 Å². The zero-order valence-electron chi connectivity index (χ0n) is 16.5. The van der Waals surface area contributed by atoms with Crippen molar-refractivity contribution in [1.29, 1.82) is 0 Å². The van der Waals surface area contributed by atoms with Gasteiger partial charge in [0.05, 0.1) is 11.6 Å². The molecular weight excluding hydrogens is 352 g/mol. The third-order valence-electron chi connectivity index (χ3n) is 5.93.